The van der Waals surface area contributed by atoms with E-state index in [1.807, 2.05) is 18.2 Å². The second-order valence-corrected chi connectivity index (χ2v) is 9.36. The highest BCUT2D eigenvalue weighted by Crippen LogP contribution is 2.38. The zero-order valence-electron chi connectivity index (χ0n) is 19.2. The van der Waals surface area contributed by atoms with E-state index in [-0.39, 0.29) is 10.8 Å². The molecule has 0 aliphatic heterocycles. The first-order chi connectivity index (χ1) is 13.7. The SMILES string of the molecule is CCC(C)(C)c1ccc(OCC(O)C[NH2+]Cc2ccccc2)c(C(C)(C)CC)c1. The monoisotopic (exact) mass is 398 g/mol. The van der Waals surface area contributed by atoms with Crippen molar-refractivity contribution >= 4 is 0 Å². The van der Waals surface area contributed by atoms with E-state index < -0.39 is 6.10 Å². The molecule has 0 amide bonds. The number of hydrogen-bond acceptors (Lipinski definition) is 2. The zero-order chi connectivity index (χ0) is 21.5. The molecule has 0 saturated heterocycles. The number of quaternary nitrogens is 1. The quantitative estimate of drug-likeness (QED) is 0.583. The summed E-state index contributed by atoms with van der Waals surface area (Å²) in [6.45, 7) is 15.4. The number of rotatable bonds is 11. The van der Waals surface area contributed by atoms with Crippen molar-refractivity contribution in [2.75, 3.05) is 13.2 Å². The summed E-state index contributed by atoms with van der Waals surface area (Å²) in [4.78, 5) is 0. The van der Waals surface area contributed by atoms with Crippen molar-refractivity contribution in [3.8, 4) is 5.75 Å². The van der Waals surface area contributed by atoms with Crippen LogP contribution in [0.1, 0.15) is 71.1 Å². The fourth-order valence-electron chi connectivity index (χ4n) is 3.31. The van der Waals surface area contributed by atoms with Gasteiger partial charge in [-0.1, -0.05) is 84.0 Å². The molecule has 1 unspecified atom stereocenters. The van der Waals surface area contributed by atoms with Crippen molar-refractivity contribution in [1.29, 1.82) is 0 Å². The number of nitrogens with two attached hydrogens (primary N) is 1. The zero-order valence-corrected chi connectivity index (χ0v) is 19.2. The van der Waals surface area contributed by atoms with E-state index in [1.54, 1.807) is 0 Å². The number of hydrogen-bond donors (Lipinski definition) is 2. The Balaban J connectivity index is 2.03. The molecule has 0 spiro atoms. The summed E-state index contributed by atoms with van der Waals surface area (Å²) in [5, 5.41) is 12.5. The fraction of sp³-hybridized carbons (Fsp3) is 0.538. The molecule has 0 bridgehead atoms. The van der Waals surface area contributed by atoms with Crippen molar-refractivity contribution < 1.29 is 15.2 Å². The second-order valence-electron chi connectivity index (χ2n) is 9.36. The average molecular weight is 399 g/mol. The summed E-state index contributed by atoms with van der Waals surface area (Å²) in [5.41, 5.74) is 4.02. The molecule has 0 radical (unpaired) electrons. The van der Waals surface area contributed by atoms with Crippen molar-refractivity contribution in [3.63, 3.8) is 0 Å². The largest absolute Gasteiger partial charge is 0.490 e. The minimum Gasteiger partial charge on any atom is -0.490 e. The molecule has 1 atom stereocenters. The maximum absolute atomic E-state index is 10.4. The Morgan fingerprint density at radius 3 is 2.21 bits per heavy atom. The van der Waals surface area contributed by atoms with Crippen LogP contribution in [0.2, 0.25) is 0 Å². The van der Waals surface area contributed by atoms with Gasteiger partial charge in [0.15, 0.2) is 0 Å². The van der Waals surface area contributed by atoms with Gasteiger partial charge in [-0.25, -0.2) is 0 Å². The molecular formula is C26H40NO2+. The molecule has 0 aromatic heterocycles. The Morgan fingerprint density at radius 2 is 1.59 bits per heavy atom. The van der Waals surface area contributed by atoms with Crippen molar-refractivity contribution in [1.82, 2.24) is 0 Å². The van der Waals surface area contributed by atoms with Crippen LogP contribution in [0.3, 0.4) is 0 Å². The van der Waals surface area contributed by atoms with Crippen LogP contribution in [-0.2, 0) is 17.4 Å². The van der Waals surface area contributed by atoms with Crippen LogP contribution in [0.15, 0.2) is 48.5 Å². The van der Waals surface area contributed by atoms with Crippen molar-refractivity contribution in [3.05, 3.63) is 65.2 Å². The average Bonchev–Trinajstić information content (AvgIpc) is 2.72. The fourth-order valence-corrected chi connectivity index (χ4v) is 3.31. The van der Waals surface area contributed by atoms with Crippen molar-refractivity contribution in [2.45, 2.75) is 77.9 Å². The van der Waals surface area contributed by atoms with Gasteiger partial charge in [0.05, 0.1) is 0 Å². The highest BCUT2D eigenvalue weighted by molar-refractivity contribution is 5.44. The van der Waals surface area contributed by atoms with Gasteiger partial charge < -0.3 is 15.2 Å². The van der Waals surface area contributed by atoms with Crippen LogP contribution in [0.25, 0.3) is 0 Å². The topological polar surface area (TPSA) is 46.1 Å². The minimum absolute atomic E-state index is 0.0273. The van der Waals surface area contributed by atoms with Gasteiger partial charge in [0.25, 0.3) is 0 Å². The van der Waals surface area contributed by atoms with E-state index in [0.29, 0.717) is 13.2 Å². The molecule has 29 heavy (non-hydrogen) atoms. The maximum atomic E-state index is 10.4. The third-order valence-corrected chi connectivity index (χ3v) is 6.35. The van der Waals surface area contributed by atoms with Crippen LogP contribution in [-0.4, -0.2) is 24.4 Å². The third kappa shape index (κ3) is 6.58. The summed E-state index contributed by atoms with van der Waals surface area (Å²) < 4.78 is 6.12. The lowest BCUT2D eigenvalue weighted by Gasteiger charge is -2.30. The van der Waals surface area contributed by atoms with E-state index in [9.17, 15) is 5.11 Å². The lowest BCUT2D eigenvalue weighted by atomic mass is 9.76. The predicted octanol–water partition coefficient (Wildman–Crippen LogP) is 4.57. The summed E-state index contributed by atoms with van der Waals surface area (Å²) in [5.74, 6) is 0.898. The van der Waals surface area contributed by atoms with Gasteiger partial charge in [-0.2, -0.15) is 0 Å². The highest BCUT2D eigenvalue weighted by Gasteiger charge is 2.27. The Kier molecular flexibility index (Phi) is 8.30. The smallest absolute Gasteiger partial charge is 0.137 e. The van der Waals surface area contributed by atoms with E-state index in [1.165, 1.54) is 16.7 Å². The first-order valence-electron chi connectivity index (χ1n) is 11.0. The Hall–Kier alpha value is -1.84. The Morgan fingerprint density at radius 1 is 0.931 bits per heavy atom. The molecule has 0 fully saturated rings. The lowest BCUT2D eigenvalue weighted by molar-refractivity contribution is -0.676. The maximum Gasteiger partial charge on any atom is 0.137 e. The molecule has 3 nitrogen and oxygen atoms in total. The summed E-state index contributed by atoms with van der Waals surface area (Å²) >= 11 is 0. The number of ether oxygens (including phenoxy) is 1. The van der Waals surface area contributed by atoms with Crippen LogP contribution in [0, 0.1) is 0 Å². The molecule has 160 valence electrons. The van der Waals surface area contributed by atoms with Crippen molar-refractivity contribution in [2.24, 2.45) is 0 Å². The second kappa shape index (κ2) is 10.3. The van der Waals surface area contributed by atoms with Crippen LogP contribution < -0.4 is 10.1 Å². The predicted molar refractivity (Wildman–Crippen MR) is 122 cm³/mol. The molecule has 0 aliphatic carbocycles. The Labute approximate surface area is 177 Å². The normalized spacial score (nSPS) is 13.3. The van der Waals surface area contributed by atoms with E-state index in [0.717, 1.165) is 25.1 Å². The van der Waals surface area contributed by atoms with E-state index in [2.05, 4.69) is 77.2 Å². The van der Waals surface area contributed by atoms with Gasteiger partial charge in [0.2, 0.25) is 0 Å². The standard InChI is InChI=1S/C26H39NO2/c1-7-25(3,4)21-14-15-24(23(16-21)26(5,6)8-2)29-19-22(28)18-27-17-20-12-10-9-11-13-20/h9-16,22,27-28H,7-8,17-19H2,1-6H3/p+1. The summed E-state index contributed by atoms with van der Waals surface area (Å²) in [6, 6.07) is 16.9. The first kappa shape index (κ1) is 23.4. The molecular weight excluding hydrogens is 358 g/mol. The van der Waals surface area contributed by atoms with E-state index >= 15 is 0 Å². The molecule has 3 heteroatoms. The Bertz CT molecular complexity index is 753. The van der Waals surface area contributed by atoms with Gasteiger partial charge >= 0.3 is 0 Å². The molecule has 0 heterocycles. The first-order valence-corrected chi connectivity index (χ1v) is 11.0. The summed E-state index contributed by atoms with van der Waals surface area (Å²) in [7, 11) is 0. The van der Waals surface area contributed by atoms with Gasteiger partial charge in [0, 0.05) is 11.1 Å². The highest BCUT2D eigenvalue weighted by atomic mass is 16.5. The number of aliphatic hydroxyl groups excluding tert-OH is 1. The third-order valence-electron chi connectivity index (χ3n) is 6.35. The number of benzene rings is 2. The van der Waals surface area contributed by atoms with Crippen LogP contribution in [0.4, 0.5) is 0 Å². The molecule has 2 aromatic carbocycles. The van der Waals surface area contributed by atoms with Gasteiger partial charge in [-0.05, 0) is 35.3 Å². The van der Waals surface area contributed by atoms with E-state index in [4.69, 9.17) is 4.74 Å². The van der Waals surface area contributed by atoms with Gasteiger partial charge in [-0.15, -0.1) is 0 Å². The molecule has 2 aromatic rings. The number of aliphatic hydroxyl groups is 1. The molecule has 0 aliphatic rings. The molecule has 0 saturated carbocycles. The molecule has 3 N–H and O–H groups in total. The van der Waals surface area contributed by atoms with Crippen LogP contribution >= 0.6 is 0 Å². The van der Waals surface area contributed by atoms with Gasteiger partial charge in [0.1, 0.15) is 31.5 Å². The van der Waals surface area contributed by atoms with Gasteiger partial charge in [-0.3, -0.25) is 0 Å². The van der Waals surface area contributed by atoms with Crippen LogP contribution in [0.5, 0.6) is 5.75 Å². The summed E-state index contributed by atoms with van der Waals surface area (Å²) in [6.07, 6.45) is 1.63. The molecule has 2 rings (SSSR count). The lowest BCUT2D eigenvalue weighted by Crippen LogP contribution is -2.85. The minimum atomic E-state index is -0.497.